The van der Waals surface area contributed by atoms with Crippen molar-refractivity contribution >= 4 is 27.2 Å². The summed E-state index contributed by atoms with van der Waals surface area (Å²) in [4.78, 5) is 4.25. The van der Waals surface area contributed by atoms with E-state index in [0.29, 0.717) is 17.4 Å². The van der Waals surface area contributed by atoms with E-state index in [0.717, 1.165) is 5.69 Å². The maximum Gasteiger partial charge on any atom is 0.232 e. The van der Waals surface area contributed by atoms with Crippen LogP contribution in [-0.4, -0.2) is 19.2 Å². The van der Waals surface area contributed by atoms with Gasteiger partial charge in [0.1, 0.15) is 5.82 Å². The molecule has 0 radical (unpaired) electrons. The van der Waals surface area contributed by atoms with Gasteiger partial charge in [-0.3, -0.25) is 4.72 Å². The number of para-hydroxylation sites is 1. The molecule has 118 valence electrons. The van der Waals surface area contributed by atoms with Gasteiger partial charge >= 0.3 is 0 Å². The first kappa shape index (κ1) is 16.3. The van der Waals surface area contributed by atoms with E-state index >= 15 is 0 Å². The average Bonchev–Trinajstić information content (AvgIpc) is 2.49. The summed E-state index contributed by atoms with van der Waals surface area (Å²) in [6, 6.07) is 11.5. The Morgan fingerprint density at radius 2 is 1.86 bits per heavy atom. The Labute approximate surface area is 131 Å². The van der Waals surface area contributed by atoms with Crippen molar-refractivity contribution in [2.45, 2.75) is 26.7 Å². The minimum Gasteiger partial charge on any atom is -0.340 e. The lowest BCUT2D eigenvalue weighted by Gasteiger charge is -2.14. The number of anilines is 3. The van der Waals surface area contributed by atoms with Gasteiger partial charge in [0.15, 0.2) is 0 Å². The molecule has 22 heavy (non-hydrogen) atoms. The Kier molecular flexibility index (Phi) is 5.03. The van der Waals surface area contributed by atoms with Crippen LogP contribution in [0.2, 0.25) is 0 Å². The Morgan fingerprint density at radius 3 is 2.45 bits per heavy atom. The monoisotopic (exact) mass is 319 g/mol. The highest BCUT2D eigenvalue weighted by Gasteiger charge is 2.08. The summed E-state index contributed by atoms with van der Waals surface area (Å²) in [5.74, 6) is 1.11. The minimum absolute atomic E-state index is 0.0365. The SMILES string of the molecule is CCS(=O)(=O)Nc1ccc(Nc2ccccc2C(C)C)nc1. The quantitative estimate of drug-likeness (QED) is 0.851. The topological polar surface area (TPSA) is 71.1 Å². The number of hydrogen-bond donors (Lipinski definition) is 2. The number of rotatable bonds is 6. The maximum absolute atomic E-state index is 11.5. The summed E-state index contributed by atoms with van der Waals surface area (Å²) >= 11 is 0. The average molecular weight is 319 g/mol. The number of hydrogen-bond acceptors (Lipinski definition) is 4. The number of nitrogens with zero attached hydrogens (tertiary/aromatic N) is 1. The van der Waals surface area contributed by atoms with Crippen molar-refractivity contribution in [1.82, 2.24) is 4.98 Å². The normalized spacial score (nSPS) is 11.5. The highest BCUT2D eigenvalue weighted by Crippen LogP contribution is 2.26. The zero-order chi connectivity index (χ0) is 16.2. The molecule has 0 bridgehead atoms. The molecule has 0 aliphatic heterocycles. The molecule has 1 aromatic heterocycles. The van der Waals surface area contributed by atoms with Gasteiger partial charge in [0, 0.05) is 5.69 Å². The van der Waals surface area contributed by atoms with Crippen LogP contribution in [0, 0.1) is 0 Å². The zero-order valence-corrected chi connectivity index (χ0v) is 13.8. The molecule has 1 heterocycles. The third-order valence-corrected chi connectivity index (χ3v) is 4.57. The second kappa shape index (κ2) is 6.79. The Bertz CT molecular complexity index is 725. The van der Waals surface area contributed by atoms with E-state index in [1.54, 1.807) is 19.1 Å². The molecule has 0 spiro atoms. The molecule has 0 saturated carbocycles. The van der Waals surface area contributed by atoms with Crippen molar-refractivity contribution in [3.8, 4) is 0 Å². The van der Waals surface area contributed by atoms with Gasteiger partial charge in [0.2, 0.25) is 10.0 Å². The predicted molar refractivity (Wildman–Crippen MR) is 91.1 cm³/mol. The zero-order valence-electron chi connectivity index (χ0n) is 13.0. The molecule has 0 unspecified atom stereocenters. The number of nitrogens with one attached hydrogen (secondary N) is 2. The Hall–Kier alpha value is -2.08. The molecule has 0 aliphatic rings. The summed E-state index contributed by atoms with van der Waals surface area (Å²) in [6.07, 6.45) is 1.51. The predicted octanol–water partition coefficient (Wildman–Crippen LogP) is 3.71. The molecule has 0 aliphatic carbocycles. The standard InChI is InChI=1S/C16H21N3O2S/c1-4-22(20,21)19-13-9-10-16(17-11-13)18-15-8-6-5-7-14(15)12(2)3/h5-12,19H,4H2,1-3H3,(H,17,18). The van der Waals surface area contributed by atoms with Gasteiger partial charge in [-0.15, -0.1) is 0 Å². The fraction of sp³-hybridized carbons (Fsp3) is 0.312. The van der Waals surface area contributed by atoms with E-state index in [1.165, 1.54) is 11.8 Å². The summed E-state index contributed by atoms with van der Waals surface area (Å²) < 4.78 is 25.5. The summed E-state index contributed by atoms with van der Waals surface area (Å²) in [5.41, 5.74) is 2.68. The molecular formula is C16H21N3O2S. The Balaban J connectivity index is 2.16. The van der Waals surface area contributed by atoms with E-state index in [-0.39, 0.29) is 5.75 Å². The van der Waals surface area contributed by atoms with Gasteiger partial charge in [-0.05, 0) is 36.6 Å². The highest BCUT2D eigenvalue weighted by molar-refractivity contribution is 7.92. The lowest BCUT2D eigenvalue weighted by atomic mass is 10.0. The van der Waals surface area contributed by atoms with Crippen molar-refractivity contribution < 1.29 is 8.42 Å². The molecule has 1 aromatic carbocycles. The smallest absolute Gasteiger partial charge is 0.232 e. The third-order valence-electron chi connectivity index (χ3n) is 3.26. The van der Waals surface area contributed by atoms with E-state index in [2.05, 4.69) is 34.9 Å². The molecule has 2 rings (SSSR count). The van der Waals surface area contributed by atoms with E-state index in [4.69, 9.17) is 0 Å². The summed E-state index contributed by atoms with van der Waals surface area (Å²) in [5, 5.41) is 3.27. The molecule has 6 heteroatoms. The highest BCUT2D eigenvalue weighted by atomic mass is 32.2. The van der Waals surface area contributed by atoms with Crippen LogP contribution in [0.15, 0.2) is 42.6 Å². The van der Waals surface area contributed by atoms with Gasteiger partial charge in [-0.25, -0.2) is 13.4 Å². The molecule has 2 aromatic rings. The lowest BCUT2D eigenvalue weighted by Crippen LogP contribution is -2.14. The van der Waals surface area contributed by atoms with Crippen LogP contribution >= 0.6 is 0 Å². The van der Waals surface area contributed by atoms with Crippen molar-refractivity contribution in [3.63, 3.8) is 0 Å². The molecule has 2 N–H and O–H groups in total. The van der Waals surface area contributed by atoms with Crippen LogP contribution in [-0.2, 0) is 10.0 Å². The molecule has 0 saturated heterocycles. The van der Waals surface area contributed by atoms with Crippen molar-refractivity contribution in [2.75, 3.05) is 15.8 Å². The van der Waals surface area contributed by atoms with E-state index in [1.807, 2.05) is 18.2 Å². The van der Waals surface area contributed by atoms with Crippen molar-refractivity contribution in [1.29, 1.82) is 0 Å². The molecule has 0 amide bonds. The van der Waals surface area contributed by atoms with Crippen LogP contribution in [0.3, 0.4) is 0 Å². The number of aromatic nitrogens is 1. The minimum atomic E-state index is -3.27. The Morgan fingerprint density at radius 1 is 1.14 bits per heavy atom. The van der Waals surface area contributed by atoms with Crippen LogP contribution in [0.1, 0.15) is 32.3 Å². The fourth-order valence-electron chi connectivity index (χ4n) is 2.03. The van der Waals surface area contributed by atoms with E-state index in [9.17, 15) is 8.42 Å². The lowest BCUT2D eigenvalue weighted by molar-refractivity contribution is 0.602. The van der Waals surface area contributed by atoms with Crippen molar-refractivity contribution in [2.24, 2.45) is 0 Å². The van der Waals surface area contributed by atoms with Gasteiger partial charge < -0.3 is 5.32 Å². The van der Waals surface area contributed by atoms with Crippen molar-refractivity contribution in [3.05, 3.63) is 48.2 Å². The second-order valence-electron chi connectivity index (χ2n) is 5.30. The number of sulfonamides is 1. The molecule has 0 atom stereocenters. The fourth-order valence-corrected chi connectivity index (χ4v) is 2.66. The van der Waals surface area contributed by atoms with Gasteiger partial charge in [0.05, 0.1) is 17.6 Å². The second-order valence-corrected chi connectivity index (χ2v) is 7.32. The number of benzene rings is 1. The van der Waals surface area contributed by atoms with Crippen LogP contribution < -0.4 is 10.0 Å². The molecule has 0 fully saturated rings. The van der Waals surface area contributed by atoms with Gasteiger partial charge in [-0.2, -0.15) is 0 Å². The van der Waals surface area contributed by atoms with Crippen LogP contribution in [0.25, 0.3) is 0 Å². The van der Waals surface area contributed by atoms with Crippen LogP contribution in [0.5, 0.6) is 0 Å². The van der Waals surface area contributed by atoms with E-state index < -0.39 is 10.0 Å². The molecular weight excluding hydrogens is 298 g/mol. The van der Waals surface area contributed by atoms with Crippen LogP contribution in [0.4, 0.5) is 17.2 Å². The van der Waals surface area contributed by atoms with Gasteiger partial charge in [-0.1, -0.05) is 32.0 Å². The summed E-state index contributed by atoms with van der Waals surface area (Å²) in [6.45, 7) is 5.86. The number of pyridine rings is 1. The maximum atomic E-state index is 11.5. The first-order valence-electron chi connectivity index (χ1n) is 7.24. The largest absolute Gasteiger partial charge is 0.340 e. The third kappa shape index (κ3) is 4.21. The first-order chi connectivity index (χ1) is 10.4. The first-order valence-corrected chi connectivity index (χ1v) is 8.89. The summed E-state index contributed by atoms with van der Waals surface area (Å²) in [7, 11) is -3.27. The molecule has 5 nitrogen and oxygen atoms in total. The van der Waals surface area contributed by atoms with Gasteiger partial charge in [0.25, 0.3) is 0 Å².